The number of nitrogens with zero attached hydrogens (tertiary/aromatic N) is 3. The van der Waals surface area contributed by atoms with Gasteiger partial charge in [-0.25, -0.2) is 0 Å². The van der Waals surface area contributed by atoms with Crippen molar-refractivity contribution in [2.75, 3.05) is 5.32 Å². The van der Waals surface area contributed by atoms with Crippen LogP contribution in [0.1, 0.15) is 45.6 Å². The lowest BCUT2D eigenvalue weighted by Crippen LogP contribution is -2.23. The number of unbranched alkanes of at least 4 members (excludes halogenated alkanes) is 2. The highest BCUT2D eigenvalue weighted by atomic mass is 32.2. The molecule has 0 bridgehead atoms. The lowest BCUT2D eigenvalue weighted by Gasteiger charge is -2.12. The van der Waals surface area contributed by atoms with Crippen LogP contribution in [0, 0.1) is 0 Å². The van der Waals surface area contributed by atoms with Crippen molar-refractivity contribution < 1.29 is 4.79 Å². The predicted octanol–water partition coefficient (Wildman–Crippen LogP) is 4.15. The van der Waals surface area contributed by atoms with E-state index in [1.807, 2.05) is 35.8 Å². The van der Waals surface area contributed by atoms with Crippen LogP contribution in [-0.2, 0) is 17.8 Å². The Morgan fingerprint density at radius 1 is 1.25 bits per heavy atom. The Morgan fingerprint density at radius 3 is 2.67 bits per heavy atom. The van der Waals surface area contributed by atoms with Crippen LogP contribution in [0.25, 0.3) is 0 Å². The van der Waals surface area contributed by atoms with Crippen molar-refractivity contribution >= 4 is 23.4 Å². The highest BCUT2D eigenvalue weighted by Crippen LogP contribution is 2.22. The SMILES string of the molecule is CCCCCn1cnnc1S[C@H](C)C(=O)Nc1ccc(CC)cc1. The van der Waals surface area contributed by atoms with E-state index in [0.717, 1.165) is 30.2 Å². The Bertz CT molecular complexity index is 639. The van der Waals surface area contributed by atoms with Crippen LogP contribution in [0.5, 0.6) is 0 Å². The molecule has 1 aromatic carbocycles. The van der Waals surface area contributed by atoms with Crippen molar-refractivity contribution in [3.05, 3.63) is 36.2 Å². The van der Waals surface area contributed by atoms with Crippen LogP contribution in [0.2, 0.25) is 0 Å². The van der Waals surface area contributed by atoms with Crippen LogP contribution in [0.3, 0.4) is 0 Å². The molecule has 0 spiro atoms. The summed E-state index contributed by atoms with van der Waals surface area (Å²) in [7, 11) is 0. The maximum atomic E-state index is 12.4. The van der Waals surface area contributed by atoms with E-state index >= 15 is 0 Å². The van der Waals surface area contributed by atoms with Crippen molar-refractivity contribution in [2.45, 2.75) is 63.4 Å². The molecule has 1 aromatic heterocycles. The van der Waals surface area contributed by atoms with Gasteiger partial charge in [0.1, 0.15) is 6.33 Å². The number of carbonyl (C=O) groups excluding carboxylic acids is 1. The number of hydrogen-bond donors (Lipinski definition) is 1. The van der Waals surface area contributed by atoms with Gasteiger partial charge in [0, 0.05) is 12.2 Å². The molecule has 2 rings (SSSR count). The van der Waals surface area contributed by atoms with Gasteiger partial charge in [0.25, 0.3) is 0 Å². The summed E-state index contributed by atoms with van der Waals surface area (Å²) < 4.78 is 2.03. The molecule has 1 amide bonds. The molecular weight excluding hydrogens is 320 g/mol. The van der Waals surface area contributed by atoms with E-state index in [-0.39, 0.29) is 11.2 Å². The number of nitrogens with one attached hydrogen (secondary N) is 1. The molecule has 6 heteroatoms. The van der Waals surface area contributed by atoms with Gasteiger partial charge in [-0.05, 0) is 37.5 Å². The molecule has 1 N–H and O–H groups in total. The number of rotatable bonds is 9. The Balaban J connectivity index is 1.90. The zero-order valence-corrected chi connectivity index (χ0v) is 15.5. The fourth-order valence-corrected chi connectivity index (χ4v) is 3.15. The summed E-state index contributed by atoms with van der Waals surface area (Å²) in [5, 5.41) is 11.6. The lowest BCUT2D eigenvalue weighted by atomic mass is 10.1. The van der Waals surface area contributed by atoms with Crippen LogP contribution in [0.15, 0.2) is 35.7 Å². The number of thioether (sulfide) groups is 1. The van der Waals surface area contributed by atoms with Crippen molar-refractivity contribution in [3.8, 4) is 0 Å². The average molecular weight is 347 g/mol. The molecule has 0 radical (unpaired) electrons. The smallest absolute Gasteiger partial charge is 0.237 e. The van der Waals surface area contributed by atoms with Crippen LogP contribution in [0.4, 0.5) is 5.69 Å². The van der Waals surface area contributed by atoms with Crippen molar-refractivity contribution in [1.82, 2.24) is 14.8 Å². The number of benzene rings is 1. The average Bonchev–Trinajstić information content (AvgIpc) is 3.03. The zero-order chi connectivity index (χ0) is 17.4. The van der Waals surface area contributed by atoms with E-state index in [9.17, 15) is 4.79 Å². The molecule has 0 saturated carbocycles. The second-order valence-electron chi connectivity index (χ2n) is 5.81. The summed E-state index contributed by atoms with van der Waals surface area (Å²) in [6.07, 6.45) is 6.21. The molecule has 0 aliphatic heterocycles. The van der Waals surface area contributed by atoms with E-state index in [2.05, 4.69) is 29.4 Å². The first-order valence-corrected chi connectivity index (χ1v) is 9.46. The van der Waals surface area contributed by atoms with Gasteiger partial charge < -0.3 is 9.88 Å². The number of hydrogen-bond acceptors (Lipinski definition) is 4. The summed E-state index contributed by atoms with van der Waals surface area (Å²) in [4.78, 5) is 12.4. The number of amides is 1. The van der Waals surface area contributed by atoms with E-state index < -0.39 is 0 Å². The summed E-state index contributed by atoms with van der Waals surface area (Å²) >= 11 is 1.45. The molecule has 2 aromatic rings. The largest absolute Gasteiger partial charge is 0.325 e. The van der Waals surface area contributed by atoms with Crippen molar-refractivity contribution in [3.63, 3.8) is 0 Å². The summed E-state index contributed by atoms with van der Waals surface area (Å²) in [5.74, 6) is -0.0210. The Hall–Kier alpha value is -1.82. The quantitative estimate of drug-likeness (QED) is 0.547. The number of anilines is 1. The highest BCUT2D eigenvalue weighted by molar-refractivity contribution is 8.00. The third kappa shape index (κ3) is 5.37. The summed E-state index contributed by atoms with van der Waals surface area (Å²) in [5.41, 5.74) is 2.09. The monoisotopic (exact) mass is 346 g/mol. The third-order valence-electron chi connectivity index (χ3n) is 3.86. The predicted molar refractivity (Wildman–Crippen MR) is 99.3 cm³/mol. The molecule has 0 saturated heterocycles. The van der Waals surface area contributed by atoms with Gasteiger partial charge in [0.2, 0.25) is 5.91 Å². The maximum Gasteiger partial charge on any atom is 0.237 e. The first-order chi connectivity index (χ1) is 11.6. The number of aromatic nitrogens is 3. The molecule has 0 fully saturated rings. The zero-order valence-electron chi connectivity index (χ0n) is 14.7. The van der Waals surface area contributed by atoms with Crippen LogP contribution >= 0.6 is 11.8 Å². The summed E-state index contributed by atoms with van der Waals surface area (Å²) in [6, 6.07) is 7.97. The number of carbonyl (C=O) groups is 1. The Morgan fingerprint density at radius 2 is 2.00 bits per heavy atom. The molecule has 24 heavy (non-hydrogen) atoms. The standard InChI is InChI=1S/C18H26N4OS/c1-4-6-7-12-22-13-19-21-18(22)24-14(3)17(23)20-16-10-8-15(5-2)9-11-16/h8-11,13-14H,4-7,12H2,1-3H3,(H,20,23)/t14-/m1/s1. The molecule has 1 atom stereocenters. The topological polar surface area (TPSA) is 59.8 Å². The van der Waals surface area contributed by atoms with Gasteiger partial charge >= 0.3 is 0 Å². The minimum Gasteiger partial charge on any atom is -0.325 e. The molecule has 1 heterocycles. The second kappa shape index (κ2) is 9.47. The van der Waals surface area contributed by atoms with Crippen molar-refractivity contribution in [2.24, 2.45) is 0 Å². The number of aryl methyl sites for hydroxylation is 2. The summed E-state index contributed by atoms with van der Waals surface area (Å²) in [6.45, 7) is 7.09. The fraction of sp³-hybridized carbons (Fsp3) is 0.500. The fourth-order valence-electron chi connectivity index (χ4n) is 2.30. The normalized spacial score (nSPS) is 12.1. The first-order valence-electron chi connectivity index (χ1n) is 8.58. The van der Waals surface area contributed by atoms with Gasteiger partial charge in [-0.1, -0.05) is 50.6 Å². The minimum absolute atomic E-state index is 0.0210. The Labute approximate surface area is 148 Å². The molecule has 0 unspecified atom stereocenters. The first kappa shape index (κ1) is 18.5. The van der Waals surface area contributed by atoms with Gasteiger partial charge in [-0.15, -0.1) is 10.2 Å². The minimum atomic E-state index is -0.232. The van der Waals surface area contributed by atoms with Crippen molar-refractivity contribution in [1.29, 1.82) is 0 Å². The lowest BCUT2D eigenvalue weighted by molar-refractivity contribution is -0.115. The van der Waals surface area contributed by atoms with Gasteiger partial charge in [0.05, 0.1) is 5.25 Å². The van der Waals surface area contributed by atoms with Crippen LogP contribution < -0.4 is 5.32 Å². The van der Waals surface area contributed by atoms with Gasteiger partial charge in [-0.3, -0.25) is 4.79 Å². The van der Waals surface area contributed by atoms with E-state index in [0.29, 0.717) is 0 Å². The Kier molecular flexibility index (Phi) is 7.31. The van der Waals surface area contributed by atoms with E-state index in [1.165, 1.54) is 30.2 Å². The third-order valence-corrected chi connectivity index (χ3v) is 4.96. The van der Waals surface area contributed by atoms with Gasteiger partial charge in [0.15, 0.2) is 5.16 Å². The molecular formula is C18H26N4OS. The second-order valence-corrected chi connectivity index (χ2v) is 7.12. The van der Waals surface area contributed by atoms with E-state index in [1.54, 1.807) is 6.33 Å². The van der Waals surface area contributed by atoms with E-state index in [4.69, 9.17) is 0 Å². The molecule has 5 nitrogen and oxygen atoms in total. The molecule has 0 aliphatic rings. The maximum absolute atomic E-state index is 12.4. The highest BCUT2D eigenvalue weighted by Gasteiger charge is 2.18. The van der Waals surface area contributed by atoms with Gasteiger partial charge in [-0.2, -0.15) is 0 Å². The molecule has 0 aliphatic carbocycles. The van der Waals surface area contributed by atoms with Crippen LogP contribution in [-0.4, -0.2) is 25.9 Å². The molecule has 130 valence electrons.